The highest BCUT2D eigenvalue weighted by molar-refractivity contribution is 6.38. The number of ether oxygens (including phenoxy) is 2. The third-order valence-electron chi connectivity index (χ3n) is 7.17. The summed E-state index contributed by atoms with van der Waals surface area (Å²) < 4.78 is 40.0. The molecular weight excluding hydrogens is 810 g/mol. The Labute approximate surface area is 333 Å². The quantitative estimate of drug-likeness (QED) is 0.0784. The first-order valence-electron chi connectivity index (χ1n) is 16.1. The number of rotatable bonds is 15. The number of aliphatic carboxylic acids is 2. The Bertz CT molecular complexity index is 2040. The second-order valence-corrected chi connectivity index (χ2v) is 12.9. The molecule has 0 aromatic heterocycles. The van der Waals surface area contributed by atoms with E-state index in [2.05, 4.69) is 16.0 Å². The van der Waals surface area contributed by atoms with E-state index in [1.165, 1.54) is 48.5 Å². The number of hydrogen-bond acceptors (Lipinski definition) is 7. The Morgan fingerprint density at radius 3 is 1.45 bits per heavy atom. The van der Waals surface area contributed by atoms with Crippen molar-refractivity contribution in [2.45, 2.75) is 46.3 Å². The molecule has 55 heavy (non-hydrogen) atoms. The van der Waals surface area contributed by atoms with Gasteiger partial charge in [0, 0.05) is 29.5 Å². The van der Waals surface area contributed by atoms with Gasteiger partial charge in [-0.25, -0.2) is 8.78 Å². The molecule has 0 saturated heterocycles. The fraction of sp³-hybridized carbons (Fsp3) is 0.216. The molecule has 18 heteroatoms. The minimum atomic E-state index is -1.20. The van der Waals surface area contributed by atoms with E-state index in [-0.39, 0.29) is 104 Å². The number of carbonyl (C=O) groups is 5. The van der Waals surface area contributed by atoms with Crippen LogP contribution in [-0.4, -0.2) is 46.4 Å². The molecule has 0 spiro atoms. The molecule has 0 aliphatic heterocycles. The van der Waals surface area contributed by atoms with Crippen LogP contribution in [-0.2, 0) is 38.8 Å². The van der Waals surface area contributed by atoms with Gasteiger partial charge in [-0.3, -0.25) is 24.0 Å². The molecule has 0 bridgehead atoms. The van der Waals surface area contributed by atoms with Crippen LogP contribution in [0.5, 0.6) is 11.5 Å². The molecule has 0 heterocycles. The van der Waals surface area contributed by atoms with Gasteiger partial charge in [0.05, 0.1) is 37.9 Å². The predicted molar refractivity (Wildman–Crippen MR) is 204 cm³/mol. The van der Waals surface area contributed by atoms with E-state index >= 15 is 0 Å². The molecule has 0 saturated carbocycles. The van der Waals surface area contributed by atoms with Crippen molar-refractivity contribution in [2.24, 2.45) is 0 Å². The minimum absolute atomic E-state index is 0.00572. The largest absolute Gasteiger partial charge is 0.486 e. The summed E-state index contributed by atoms with van der Waals surface area (Å²) in [7, 11) is 0. The summed E-state index contributed by atoms with van der Waals surface area (Å²) in [6, 6.07) is 14.4. The molecule has 292 valence electrons. The Kier molecular flexibility index (Phi) is 17.0. The molecule has 4 aromatic rings. The number of amides is 3. The maximum Gasteiger partial charge on any atom is 0.322 e. The van der Waals surface area contributed by atoms with Gasteiger partial charge >= 0.3 is 11.9 Å². The molecule has 0 fully saturated rings. The third kappa shape index (κ3) is 13.3. The lowest BCUT2D eigenvalue weighted by Crippen LogP contribution is -2.29. The molecule has 3 amide bonds. The summed E-state index contributed by atoms with van der Waals surface area (Å²) in [5, 5.41) is 24.8. The molecule has 0 atom stereocenters. The molecular formula is C37H33Cl4F2N3O9. The maximum absolute atomic E-state index is 14.5. The summed E-state index contributed by atoms with van der Waals surface area (Å²) in [6.07, 6.45) is 0.208. The third-order valence-corrected chi connectivity index (χ3v) is 8.29. The molecule has 5 N–H and O–H groups in total. The zero-order chi connectivity index (χ0) is 40.8. The van der Waals surface area contributed by atoms with Gasteiger partial charge in [-0.15, -0.1) is 0 Å². The number of anilines is 2. The van der Waals surface area contributed by atoms with E-state index in [4.69, 9.17) is 66.1 Å². The maximum atomic E-state index is 14.5. The van der Waals surface area contributed by atoms with Gasteiger partial charge in [-0.05, 0) is 42.0 Å². The summed E-state index contributed by atoms with van der Waals surface area (Å²) in [6.45, 7) is 2.36. The fourth-order valence-electron chi connectivity index (χ4n) is 4.47. The van der Waals surface area contributed by atoms with Gasteiger partial charge in [0.1, 0.15) is 19.8 Å². The lowest BCUT2D eigenvalue weighted by molar-refractivity contribution is -0.137. The van der Waals surface area contributed by atoms with Gasteiger partial charge in [-0.1, -0.05) is 84.5 Å². The topological polar surface area (TPSA) is 180 Å². The monoisotopic (exact) mass is 841 g/mol. The fourth-order valence-corrected chi connectivity index (χ4v) is 5.70. The van der Waals surface area contributed by atoms with Crippen molar-refractivity contribution in [3.63, 3.8) is 0 Å². The van der Waals surface area contributed by atoms with Crippen LogP contribution >= 0.6 is 46.4 Å². The van der Waals surface area contributed by atoms with Crippen LogP contribution in [0.25, 0.3) is 0 Å². The van der Waals surface area contributed by atoms with Crippen LogP contribution in [0.15, 0.2) is 60.7 Å². The molecule has 0 unspecified atom stereocenters. The Hall–Kier alpha value is -5.15. The number of carbonyl (C=O) groups excluding carboxylic acids is 3. The van der Waals surface area contributed by atoms with Crippen molar-refractivity contribution in [3.8, 4) is 11.5 Å². The molecule has 0 radical (unpaired) electrons. The number of halogens is 6. The SMILES string of the molecule is CCC(=O)Nc1cccc(COc2c(Cl)cc(C(=O)NCC(=O)O)cc2Cl)c1F.CCC(=O)Nc1cccc(COc2c(Cl)cc(CC(=O)O)cc2Cl)c1F. The molecule has 12 nitrogen and oxygen atoms in total. The van der Waals surface area contributed by atoms with E-state index in [1.54, 1.807) is 26.0 Å². The van der Waals surface area contributed by atoms with E-state index < -0.39 is 36.0 Å². The smallest absolute Gasteiger partial charge is 0.322 e. The highest BCUT2D eigenvalue weighted by atomic mass is 35.5. The molecule has 0 aliphatic carbocycles. The standard InChI is InChI=1S/C19H17Cl2FN2O5.C18H16Cl2FNO4/c1-2-15(25)24-14-5-3-4-10(17(14)22)9-29-18-12(20)6-11(7-13(18)21)19(28)23-8-16(26)27;1-2-15(23)22-14-5-3-4-11(17(14)21)9-26-18-12(19)6-10(7-13(18)20)8-16(24)25/h3-7H,2,8-9H2,1H3,(H,23,28)(H,24,25)(H,26,27);3-7H,2,8-9H2,1H3,(H,22,23)(H,24,25). The van der Waals surface area contributed by atoms with Crippen LogP contribution in [0.3, 0.4) is 0 Å². The van der Waals surface area contributed by atoms with Crippen molar-refractivity contribution in [3.05, 3.63) is 115 Å². The Balaban J connectivity index is 0.000000297. The van der Waals surface area contributed by atoms with E-state index in [0.29, 0.717) is 5.56 Å². The van der Waals surface area contributed by atoms with Crippen LogP contribution in [0.2, 0.25) is 20.1 Å². The highest BCUT2D eigenvalue weighted by Crippen LogP contribution is 2.36. The first-order chi connectivity index (χ1) is 26.0. The second kappa shape index (κ2) is 21.1. The molecule has 4 rings (SSSR count). The van der Waals surface area contributed by atoms with E-state index in [9.17, 15) is 32.8 Å². The van der Waals surface area contributed by atoms with Crippen molar-refractivity contribution >= 4 is 87.4 Å². The van der Waals surface area contributed by atoms with Gasteiger partial charge in [0.15, 0.2) is 23.1 Å². The second-order valence-electron chi connectivity index (χ2n) is 11.2. The van der Waals surface area contributed by atoms with Crippen LogP contribution in [0.1, 0.15) is 53.7 Å². The lowest BCUT2D eigenvalue weighted by atomic mass is 10.1. The van der Waals surface area contributed by atoms with Crippen molar-refractivity contribution in [1.82, 2.24) is 5.32 Å². The highest BCUT2D eigenvalue weighted by Gasteiger charge is 2.18. The zero-order valence-electron chi connectivity index (χ0n) is 29.0. The first-order valence-corrected chi connectivity index (χ1v) is 17.6. The van der Waals surface area contributed by atoms with E-state index in [0.717, 1.165) is 0 Å². The van der Waals surface area contributed by atoms with Crippen molar-refractivity contribution in [1.29, 1.82) is 0 Å². The summed E-state index contributed by atoms with van der Waals surface area (Å²) in [5.41, 5.74) is 0.932. The number of hydrogen-bond donors (Lipinski definition) is 5. The Morgan fingerprint density at radius 2 is 1.07 bits per heavy atom. The first kappa shape index (κ1) is 44.2. The van der Waals surface area contributed by atoms with E-state index in [1.807, 2.05) is 0 Å². The average molecular weight is 843 g/mol. The summed E-state index contributed by atoms with van der Waals surface area (Å²) in [4.78, 5) is 56.1. The number of benzene rings is 4. The average Bonchev–Trinajstić information content (AvgIpc) is 3.12. The Morgan fingerprint density at radius 1 is 0.655 bits per heavy atom. The van der Waals surface area contributed by atoms with Crippen molar-refractivity contribution in [2.75, 3.05) is 17.2 Å². The summed E-state index contributed by atoms with van der Waals surface area (Å²) in [5.74, 6) is -4.61. The number of carboxylic acids is 2. The lowest BCUT2D eigenvalue weighted by Gasteiger charge is -2.13. The van der Waals surface area contributed by atoms with Crippen LogP contribution in [0.4, 0.5) is 20.2 Å². The van der Waals surface area contributed by atoms with Gasteiger partial charge in [-0.2, -0.15) is 0 Å². The number of carboxylic acid groups (broad SMARTS) is 2. The van der Waals surface area contributed by atoms with Crippen molar-refractivity contribution < 1.29 is 52.4 Å². The molecule has 4 aromatic carbocycles. The minimum Gasteiger partial charge on any atom is -0.486 e. The van der Waals surface area contributed by atoms with Gasteiger partial charge in [0.25, 0.3) is 5.91 Å². The summed E-state index contributed by atoms with van der Waals surface area (Å²) >= 11 is 24.4. The predicted octanol–water partition coefficient (Wildman–Crippen LogP) is 8.56. The number of nitrogens with one attached hydrogen (secondary N) is 3. The van der Waals surface area contributed by atoms with Crippen LogP contribution < -0.4 is 25.4 Å². The van der Waals surface area contributed by atoms with Gasteiger partial charge < -0.3 is 35.6 Å². The van der Waals surface area contributed by atoms with Gasteiger partial charge in [0.2, 0.25) is 11.8 Å². The molecule has 0 aliphatic rings. The zero-order valence-corrected chi connectivity index (χ0v) is 32.1. The normalized spacial score (nSPS) is 10.4. The van der Waals surface area contributed by atoms with Crippen LogP contribution in [0, 0.1) is 11.6 Å².